The molecule has 0 bridgehead atoms. The normalized spacial score (nSPS) is 24.2. The van der Waals surface area contributed by atoms with Crippen molar-refractivity contribution in [3.63, 3.8) is 0 Å². The third kappa shape index (κ3) is 17.6. The van der Waals surface area contributed by atoms with E-state index in [1.807, 2.05) is 0 Å². The number of ether oxygens (including phenoxy) is 1. The van der Waals surface area contributed by atoms with Crippen LogP contribution in [-0.4, -0.2) is 57.7 Å². The number of hydrogen-bond acceptors (Lipinski definition) is 6. The van der Waals surface area contributed by atoms with Crippen LogP contribution in [0.15, 0.2) is 10.6 Å². The Bertz CT molecular complexity index is 842. The van der Waals surface area contributed by atoms with Gasteiger partial charge in [-0.15, -0.1) is 0 Å². The van der Waals surface area contributed by atoms with Crippen molar-refractivity contribution in [3.8, 4) is 0 Å². The van der Waals surface area contributed by atoms with Crippen LogP contribution < -0.4 is 0 Å². The maximum absolute atomic E-state index is 10.8. The molecule has 3 aliphatic carbocycles. The minimum atomic E-state index is -5.84. The van der Waals surface area contributed by atoms with Crippen LogP contribution >= 0.6 is 47.8 Å². The predicted molar refractivity (Wildman–Crippen MR) is 147 cm³/mol. The third-order valence-corrected chi connectivity index (χ3v) is 9.49. The smallest absolute Gasteiger partial charge is 0.389 e. The van der Waals surface area contributed by atoms with E-state index in [2.05, 4.69) is 53.9 Å². The Morgan fingerprint density at radius 2 is 1.42 bits per heavy atom. The molecule has 0 amide bonds. The van der Waals surface area contributed by atoms with Crippen molar-refractivity contribution in [2.45, 2.75) is 92.9 Å². The first-order chi connectivity index (χ1) is 16.9. The summed E-state index contributed by atoms with van der Waals surface area (Å²) in [5, 5.41) is 7.79. The van der Waals surface area contributed by atoms with Crippen LogP contribution in [-0.2, 0) is 46.8 Å². The van der Waals surface area contributed by atoms with Crippen molar-refractivity contribution >= 4 is 69.5 Å². The first-order valence-electron chi connectivity index (χ1n) is 11.9. The molecule has 2 fully saturated rings. The van der Waals surface area contributed by atoms with Gasteiger partial charge in [-0.1, -0.05) is 86.0 Å². The molecule has 2 N–H and O–H groups in total. The van der Waals surface area contributed by atoms with Crippen LogP contribution in [0.2, 0.25) is 0 Å². The fourth-order valence-electron chi connectivity index (χ4n) is 3.69. The monoisotopic (exact) mass is 857 g/mol. The molecule has 3 unspecified atom stereocenters. The summed E-state index contributed by atoms with van der Waals surface area (Å²) in [6.07, 6.45) is 15.3. The van der Waals surface area contributed by atoms with Crippen molar-refractivity contribution in [2.75, 3.05) is 13.2 Å². The Balaban J connectivity index is 0. The maximum atomic E-state index is 10.8. The summed E-state index contributed by atoms with van der Waals surface area (Å²) in [7, 11) is -5.84. The van der Waals surface area contributed by atoms with E-state index in [0.717, 1.165) is 29.2 Å². The van der Waals surface area contributed by atoms with Gasteiger partial charge in [-0.3, -0.25) is 14.1 Å². The number of Topliss-reactive ketones (excluding diaryl/α,β-unsaturated/α-hetero) is 2. The summed E-state index contributed by atoms with van der Waals surface area (Å²) in [5.41, 5.74) is -5.53. The zero-order valence-electron chi connectivity index (χ0n) is 21.2. The summed E-state index contributed by atoms with van der Waals surface area (Å²) in [6.45, 7) is 2.79. The average molecular weight is 861 g/mol. The quantitative estimate of drug-likeness (QED) is 0.138. The van der Waals surface area contributed by atoms with Gasteiger partial charge in [0, 0.05) is 26.9 Å². The zero-order chi connectivity index (χ0) is 28.9. The van der Waals surface area contributed by atoms with E-state index in [9.17, 15) is 22.8 Å². The molecule has 0 aromatic rings. The van der Waals surface area contributed by atoms with Gasteiger partial charge in [0.1, 0.15) is 13.2 Å². The fraction of sp³-hybridized carbons (Fsp3) is 0.826. The molecule has 0 saturated heterocycles. The summed E-state index contributed by atoms with van der Waals surface area (Å²) in [6, 6.07) is 0. The second-order valence-corrected chi connectivity index (χ2v) is 15.1. The van der Waals surface area contributed by atoms with Gasteiger partial charge < -0.3 is 9.84 Å². The minimum Gasteiger partial charge on any atom is -0.389 e. The minimum absolute atomic E-state index is 0. The van der Waals surface area contributed by atoms with Gasteiger partial charge >= 0.3 is 15.6 Å². The van der Waals surface area contributed by atoms with Crippen LogP contribution in [0.25, 0.3) is 0 Å². The Morgan fingerprint density at radius 3 is 1.82 bits per heavy atom. The molecule has 38 heavy (non-hydrogen) atoms. The molecule has 0 aromatic heterocycles. The van der Waals surface area contributed by atoms with E-state index in [0.29, 0.717) is 3.23 Å². The molecule has 1 radical (unpaired) electrons. The number of halogens is 6. The molecule has 3 rings (SSSR count). The van der Waals surface area contributed by atoms with Crippen LogP contribution in [0, 0.1) is 11.8 Å². The second-order valence-electron chi connectivity index (χ2n) is 9.04. The Morgan fingerprint density at radius 1 is 1.00 bits per heavy atom. The first-order valence-corrected chi connectivity index (χ1v) is 15.7. The van der Waals surface area contributed by atoms with Crippen LogP contribution in [0.4, 0.5) is 13.2 Å². The van der Waals surface area contributed by atoms with Crippen molar-refractivity contribution in [3.05, 3.63) is 10.6 Å². The molecule has 0 aromatic carbocycles. The number of rotatable bonds is 4. The van der Waals surface area contributed by atoms with Gasteiger partial charge in [-0.05, 0) is 57.8 Å². The standard InChI is InChI=1S/C11H17BrO2.C8H12Br2.C3H6O2.CHF3O3S.Ag/c1-9(13)8-14-11-7-5-3-2-4-6-10(11)12;9-8(10)6-4-2-1-3-5-7(6)8;1-3(5)2-4;2-1(3,4)8(5,6)7;/h6,11H,2-5,7-8H2,1H3;6-7H,1-5H2;4H,2H2,1H3;(H,5,6,7);. The van der Waals surface area contributed by atoms with E-state index in [1.165, 1.54) is 58.3 Å². The number of alkyl halides is 5. The number of aliphatic hydroxyl groups excluding tert-OH is 1. The number of allylic oxidation sites excluding steroid dienone is 1. The van der Waals surface area contributed by atoms with Crippen molar-refractivity contribution < 1.29 is 68.0 Å². The van der Waals surface area contributed by atoms with Gasteiger partial charge in [0.25, 0.3) is 0 Å². The predicted octanol–water partition coefficient (Wildman–Crippen LogP) is 6.85. The van der Waals surface area contributed by atoms with E-state index in [4.69, 9.17) is 22.8 Å². The Labute approximate surface area is 264 Å². The molecule has 3 aliphatic rings. The largest absolute Gasteiger partial charge is 0.522 e. The van der Waals surface area contributed by atoms with Crippen LogP contribution in [0.5, 0.6) is 0 Å². The summed E-state index contributed by atoms with van der Waals surface area (Å²) in [4.78, 5) is 20.3. The Kier molecular flexibility index (Phi) is 21.5. The van der Waals surface area contributed by atoms with Crippen molar-refractivity contribution in [1.82, 2.24) is 0 Å². The number of fused-ring (bicyclic) bond motifs is 1. The summed E-state index contributed by atoms with van der Waals surface area (Å²) < 4.78 is 64.5. The second kappa shape index (κ2) is 19.9. The van der Waals surface area contributed by atoms with Gasteiger partial charge in [-0.2, -0.15) is 21.6 Å². The molecule has 3 atom stereocenters. The molecule has 2 saturated carbocycles. The van der Waals surface area contributed by atoms with Crippen LogP contribution in [0.1, 0.15) is 78.1 Å². The maximum Gasteiger partial charge on any atom is 0.522 e. The topological polar surface area (TPSA) is 118 Å². The van der Waals surface area contributed by atoms with E-state index in [-0.39, 0.29) is 53.3 Å². The van der Waals surface area contributed by atoms with Crippen LogP contribution in [0.3, 0.4) is 0 Å². The van der Waals surface area contributed by atoms with E-state index >= 15 is 0 Å². The van der Waals surface area contributed by atoms with E-state index in [1.54, 1.807) is 6.92 Å². The first kappa shape index (κ1) is 41.0. The molecule has 0 aliphatic heterocycles. The molecule has 7 nitrogen and oxygen atoms in total. The Hall–Kier alpha value is 0.880. The van der Waals surface area contributed by atoms with Gasteiger partial charge in [-0.25, -0.2) is 0 Å². The number of ketones is 2. The number of aliphatic hydroxyl groups is 1. The molecule has 0 spiro atoms. The molecular formula is C23H36AgBr3F3O7S. The molecule has 15 heteroatoms. The number of hydrogen-bond donors (Lipinski definition) is 2. The summed E-state index contributed by atoms with van der Waals surface area (Å²) >= 11 is 11.0. The van der Waals surface area contributed by atoms with Crippen molar-refractivity contribution in [1.29, 1.82) is 0 Å². The van der Waals surface area contributed by atoms with Gasteiger partial charge in [0.15, 0.2) is 11.6 Å². The number of carbonyl (C=O) groups excluding carboxylic acids is 2. The zero-order valence-corrected chi connectivity index (χ0v) is 28.3. The third-order valence-electron chi connectivity index (χ3n) is 5.72. The fourth-order valence-corrected chi connectivity index (χ4v) is 6.21. The van der Waals surface area contributed by atoms with Gasteiger partial charge in [0.2, 0.25) is 0 Å². The van der Waals surface area contributed by atoms with Gasteiger partial charge in [0.05, 0.1) is 9.34 Å². The average Bonchev–Trinajstić information content (AvgIpc) is 3.39. The molecule has 0 heterocycles. The molecular weight excluding hydrogens is 825 g/mol. The molecule has 229 valence electrons. The number of carbonyl (C=O) groups is 2. The van der Waals surface area contributed by atoms with Crippen molar-refractivity contribution in [2.24, 2.45) is 11.8 Å². The van der Waals surface area contributed by atoms with E-state index < -0.39 is 15.6 Å². The SMILES string of the molecule is BrC1(Br)C2CCCCCC21.CC(=O)CO.CC(=O)COC1CCCCCC=C1Br.O=S(=O)(O)C(F)(F)F.[Ag]. The summed E-state index contributed by atoms with van der Waals surface area (Å²) in [5.74, 6) is 1.78.